The molecule has 4 heteroatoms. The maximum absolute atomic E-state index is 3.91. The first-order chi connectivity index (χ1) is 6.59. The molecule has 80 valence electrons. The Balaban J connectivity index is 2.34. The minimum atomic E-state index is 0.558. The molecule has 0 radical (unpaired) electrons. The van der Waals surface area contributed by atoms with E-state index in [-0.39, 0.29) is 0 Å². The van der Waals surface area contributed by atoms with Crippen molar-refractivity contribution < 1.29 is 0 Å². The maximum Gasteiger partial charge on any atom is 0.0725 e. The highest BCUT2D eigenvalue weighted by atomic mass is 15.4. The molecule has 1 aromatic rings. The molecule has 1 atom stereocenters. The van der Waals surface area contributed by atoms with Gasteiger partial charge < -0.3 is 5.32 Å². The van der Waals surface area contributed by atoms with Crippen molar-refractivity contribution in [1.29, 1.82) is 0 Å². The molecule has 0 spiro atoms. The molecule has 0 aliphatic heterocycles. The van der Waals surface area contributed by atoms with Crippen LogP contribution in [0.1, 0.15) is 26.5 Å². The molecular formula is C10H20N4. The monoisotopic (exact) mass is 196 g/mol. The number of hydrogen-bond acceptors (Lipinski definition) is 3. The Morgan fingerprint density at radius 1 is 1.43 bits per heavy atom. The van der Waals surface area contributed by atoms with Gasteiger partial charge in [-0.1, -0.05) is 26.0 Å². The van der Waals surface area contributed by atoms with Crippen LogP contribution in [0.5, 0.6) is 0 Å². The van der Waals surface area contributed by atoms with Gasteiger partial charge in [0.05, 0.1) is 11.9 Å². The normalized spacial score (nSPS) is 13.5. The quantitative estimate of drug-likeness (QED) is 0.763. The van der Waals surface area contributed by atoms with E-state index in [9.17, 15) is 0 Å². The van der Waals surface area contributed by atoms with Crippen LogP contribution < -0.4 is 5.32 Å². The molecule has 0 aliphatic carbocycles. The van der Waals surface area contributed by atoms with Crippen LogP contribution in [0, 0.1) is 5.92 Å². The summed E-state index contributed by atoms with van der Waals surface area (Å²) < 4.78 is 1.84. The second-order valence-electron chi connectivity index (χ2n) is 4.22. The van der Waals surface area contributed by atoms with Gasteiger partial charge in [0.1, 0.15) is 0 Å². The second-order valence-corrected chi connectivity index (χ2v) is 4.22. The first-order valence-electron chi connectivity index (χ1n) is 5.16. The summed E-state index contributed by atoms with van der Waals surface area (Å²) in [6.45, 7) is 7.61. The standard InChI is InChI=1S/C10H20N4/c1-8(2)11-6-9(3)5-10-7-12-13-14(10)4/h7-9,11H,5-6H2,1-4H3. The van der Waals surface area contributed by atoms with Gasteiger partial charge in [-0.15, -0.1) is 5.10 Å². The van der Waals surface area contributed by atoms with Gasteiger partial charge in [0.2, 0.25) is 0 Å². The number of aromatic nitrogens is 3. The van der Waals surface area contributed by atoms with E-state index in [0.29, 0.717) is 12.0 Å². The fourth-order valence-corrected chi connectivity index (χ4v) is 1.36. The lowest BCUT2D eigenvalue weighted by molar-refractivity contribution is 0.465. The smallest absolute Gasteiger partial charge is 0.0725 e. The Morgan fingerprint density at radius 2 is 2.14 bits per heavy atom. The number of nitrogens with one attached hydrogen (secondary N) is 1. The van der Waals surface area contributed by atoms with Crippen LogP contribution in [0.4, 0.5) is 0 Å². The molecule has 1 N–H and O–H groups in total. The molecule has 14 heavy (non-hydrogen) atoms. The van der Waals surface area contributed by atoms with Crippen LogP contribution in [0.15, 0.2) is 6.20 Å². The zero-order valence-corrected chi connectivity index (χ0v) is 9.49. The highest BCUT2D eigenvalue weighted by Crippen LogP contribution is 2.05. The Hall–Kier alpha value is -0.900. The zero-order chi connectivity index (χ0) is 10.6. The third-order valence-electron chi connectivity index (χ3n) is 2.24. The summed E-state index contributed by atoms with van der Waals surface area (Å²) in [6.07, 6.45) is 2.87. The molecule has 0 saturated heterocycles. The van der Waals surface area contributed by atoms with E-state index in [2.05, 4.69) is 36.4 Å². The number of aryl methyl sites for hydroxylation is 1. The second kappa shape index (κ2) is 5.10. The molecule has 4 nitrogen and oxygen atoms in total. The third-order valence-corrected chi connectivity index (χ3v) is 2.24. The SMILES string of the molecule is CC(CNC(C)C)Cc1cnnn1C. The third kappa shape index (κ3) is 3.46. The van der Waals surface area contributed by atoms with Gasteiger partial charge in [-0.05, 0) is 18.9 Å². The van der Waals surface area contributed by atoms with E-state index in [1.54, 1.807) is 0 Å². The molecule has 1 aromatic heterocycles. The Morgan fingerprint density at radius 3 is 2.64 bits per heavy atom. The van der Waals surface area contributed by atoms with Crippen LogP contribution in [-0.4, -0.2) is 27.6 Å². The molecule has 0 aliphatic rings. The average Bonchev–Trinajstić information content (AvgIpc) is 2.49. The fraction of sp³-hybridized carbons (Fsp3) is 0.800. The molecule has 0 aromatic carbocycles. The van der Waals surface area contributed by atoms with Crippen molar-refractivity contribution in [3.05, 3.63) is 11.9 Å². The molecule has 0 fully saturated rings. The summed E-state index contributed by atoms with van der Waals surface area (Å²) in [7, 11) is 1.94. The van der Waals surface area contributed by atoms with Gasteiger partial charge in [0.15, 0.2) is 0 Å². The van der Waals surface area contributed by atoms with E-state index in [1.807, 2.05) is 17.9 Å². The number of rotatable bonds is 5. The molecule has 0 bridgehead atoms. The average molecular weight is 196 g/mol. The van der Waals surface area contributed by atoms with Crippen molar-refractivity contribution >= 4 is 0 Å². The van der Waals surface area contributed by atoms with E-state index in [0.717, 1.165) is 13.0 Å². The molecule has 1 rings (SSSR count). The van der Waals surface area contributed by atoms with E-state index < -0.39 is 0 Å². The first-order valence-corrected chi connectivity index (χ1v) is 5.16. The van der Waals surface area contributed by atoms with Crippen molar-refractivity contribution in [2.45, 2.75) is 33.2 Å². The highest BCUT2D eigenvalue weighted by Gasteiger charge is 2.07. The van der Waals surface area contributed by atoms with Gasteiger partial charge in [0.25, 0.3) is 0 Å². The van der Waals surface area contributed by atoms with Gasteiger partial charge in [0, 0.05) is 13.1 Å². The Labute approximate surface area is 85.7 Å². The number of nitrogens with zero attached hydrogens (tertiary/aromatic N) is 3. The topological polar surface area (TPSA) is 42.7 Å². The van der Waals surface area contributed by atoms with Crippen molar-refractivity contribution in [2.75, 3.05) is 6.54 Å². The van der Waals surface area contributed by atoms with Crippen LogP contribution >= 0.6 is 0 Å². The molecular weight excluding hydrogens is 176 g/mol. The van der Waals surface area contributed by atoms with Crippen molar-refractivity contribution in [3.63, 3.8) is 0 Å². The van der Waals surface area contributed by atoms with Gasteiger partial charge >= 0.3 is 0 Å². The maximum atomic E-state index is 3.91. The summed E-state index contributed by atoms with van der Waals surface area (Å²) >= 11 is 0. The highest BCUT2D eigenvalue weighted by molar-refractivity contribution is 4.94. The Bertz CT molecular complexity index is 267. The van der Waals surface area contributed by atoms with Crippen molar-refractivity contribution in [3.8, 4) is 0 Å². The molecule has 1 heterocycles. The Kier molecular flexibility index (Phi) is 4.07. The summed E-state index contributed by atoms with van der Waals surface area (Å²) in [4.78, 5) is 0. The predicted molar refractivity (Wildman–Crippen MR) is 57.0 cm³/mol. The first kappa shape index (κ1) is 11.2. The van der Waals surface area contributed by atoms with Crippen LogP contribution in [0.3, 0.4) is 0 Å². The van der Waals surface area contributed by atoms with E-state index >= 15 is 0 Å². The lowest BCUT2D eigenvalue weighted by atomic mass is 10.1. The summed E-state index contributed by atoms with van der Waals surface area (Å²) in [6, 6.07) is 0.558. The summed E-state index contributed by atoms with van der Waals surface area (Å²) in [5, 5.41) is 11.2. The van der Waals surface area contributed by atoms with E-state index in [4.69, 9.17) is 0 Å². The van der Waals surface area contributed by atoms with Gasteiger partial charge in [-0.3, -0.25) is 4.68 Å². The minimum Gasteiger partial charge on any atom is -0.314 e. The van der Waals surface area contributed by atoms with Crippen molar-refractivity contribution in [2.24, 2.45) is 13.0 Å². The van der Waals surface area contributed by atoms with Crippen LogP contribution in [-0.2, 0) is 13.5 Å². The lowest BCUT2D eigenvalue weighted by Gasteiger charge is -2.14. The lowest BCUT2D eigenvalue weighted by Crippen LogP contribution is -2.28. The van der Waals surface area contributed by atoms with Crippen LogP contribution in [0.2, 0.25) is 0 Å². The summed E-state index contributed by atoms with van der Waals surface area (Å²) in [5.74, 6) is 0.620. The van der Waals surface area contributed by atoms with Crippen molar-refractivity contribution in [1.82, 2.24) is 20.3 Å². The number of hydrogen-bond donors (Lipinski definition) is 1. The molecule has 0 amide bonds. The van der Waals surface area contributed by atoms with Crippen LogP contribution in [0.25, 0.3) is 0 Å². The van der Waals surface area contributed by atoms with Gasteiger partial charge in [-0.25, -0.2) is 0 Å². The minimum absolute atomic E-state index is 0.558. The molecule has 0 saturated carbocycles. The largest absolute Gasteiger partial charge is 0.314 e. The van der Waals surface area contributed by atoms with E-state index in [1.165, 1.54) is 5.69 Å². The predicted octanol–water partition coefficient (Wildman–Crippen LogP) is 0.992. The fourth-order valence-electron chi connectivity index (χ4n) is 1.36. The summed E-state index contributed by atoms with van der Waals surface area (Å²) in [5.41, 5.74) is 1.20. The molecule has 1 unspecified atom stereocenters. The van der Waals surface area contributed by atoms with Gasteiger partial charge in [-0.2, -0.15) is 0 Å². The zero-order valence-electron chi connectivity index (χ0n) is 9.49.